The molecule has 1 amide bonds. The number of carbonyl (C=O) groups is 2. The number of benzene rings is 1. The molecule has 1 N–H and O–H groups in total. The molecule has 178 valence electrons. The van der Waals surface area contributed by atoms with Crippen LogP contribution in [0.4, 0.5) is 5.69 Å². The van der Waals surface area contributed by atoms with Crippen molar-refractivity contribution in [3.8, 4) is 0 Å². The Hall–Kier alpha value is -2.39. The summed E-state index contributed by atoms with van der Waals surface area (Å²) >= 11 is 1.06. The Morgan fingerprint density at radius 2 is 1.76 bits per heavy atom. The summed E-state index contributed by atoms with van der Waals surface area (Å²) in [6, 6.07) is 5.46. The van der Waals surface area contributed by atoms with Gasteiger partial charge in [-0.15, -0.1) is 11.3 Å². The maximum atomic E-state index is 13.4. The largest absolute Gasteiger partial charge is 0.465 e. The highest BCUT2D eigenvalue weighted by Crippen LogP contribution is 2.38. The number of aryl methyl sites for hydroxylation is 2. The maximum absolute atomic E-state index is 13.4. The molecule has 7 nitrogen and oxygen atoms in total. The second-order valence-electron chi connectivity index (χ2n) is 8.98. The third-order valence-corrected chi connectivity index (χ3v) is 9.51. The van der Waals surface area contributed by atoms with Crippen LogP contribution in [-0.4, -0.2) is 38.8 Å². The van der Waals surface area contributed by atoms with Gasteiger partial charge in [0.2, 0.25) is 5.91 Å². The Bertz CT molecular complexity index is 1160. The number of methoxy groups -OCH3 is 1. The van der Waals surface area contributed by atoms with E-state index in [1.165, 1.54) is 13.5 Å². The molecule has 2 aliphatic rings. The van der Waals surface area contributed by atoms with E-state index in [2.05, 4.69) is 4.72 Å². The van der Waals surface area contributed by atoms with Gasteiger partial charge >= 0.3 is 5.97 Å². The number of esters is 1. The molecular formula is C24H30N2O5S2. The molecule has 2 heterocycles. The Balaban J connectivity index is 1.66. The van der Waals surface area contributed by atoms with Gasteiger partial charge in [0.25, 0.3) is 10.0 Å². The molecule has 1 fully saturated rings. The number of thiophene rings is 1. The number of amides is 1. The highest BCUT2D eigenvalue weighted by Gasteiger charge is 2.36. The van der Waals surface area contributed by atoms with Crippen LogP contribution in [0.2, 0.25) is 0 Å². The molecule has 1 aliphatic carbocycles. The van der Waals surface area contributed by atoms with Gasteiger partial charge in [0, 0.05) is 23.0 Å². The molecule has 2 aromatic rings. The van der Waals surface area contributed by atoms with Gasteiger partial charge in [-0.2, -0.15) is 0 Å². The molecule has 0 unspecified atom stereocenters. The summed E-state index contributed by atoms with van der Waals surface area (Å²) in [7, 11) is -2.77. The average Bonchev–Trinajstić information content (AvgIpc) is 3.17. The molecule has 1 saturated carbocycles. The number of anilines is 1. The molecular weight excluding hydrogens is 460 g/mol. The topological polar surface area (TPSA) is 92.8 Å². The minimum absolute atomic E-state index is 0.0505. The average molecular weight is 491 g/mol. The number of sulfonamides is 1. The van der Waals surface area contributed by atoms with Crippen molar-refractivity contribution in [1.82, 2.24) is 4.90 Å². The van der Waals surface area contributed by atoms with Gasteiger partial charge < -0.3 is 9.64 Å². The smallest absolute Gasteiger partial charge is 0.340 e. The molecule has 0 saturated heterocycles. The number of rotatable bonds is 5. The SMILES string of the molecule is COC(=O)c1c(S(=O)(=O)Nc2cc(C)cc(C)c2)sc2c1CCN(C(=O)C1CCCCC1)C2. The number of carbonyl (C=O) groups excluding carboxylic acids is 2. The molecule has 0 radical (unpaired) electrons. The zero-order valence-corrected chi connectivity index (χ0v) is 20.9. The van der Waals surface area contributed by atoms with Crippen molar-refractivity contribution >= 4 is 38.9 Å². The van der Waals surface area contributed by atoms with E-state index in [1.807, 2.05) is 24.8 Å². The molecule has 0 bridgehead atoms. The Morgan fingerprint density at radius 3 is 2.39 bits per heavy atom. The van der Waals surface area contributed by atoms with Crippen LogP contribution in [0.1, 0.15) is 64.0 Å². The molecule has 4 rings (SSSR count). The van der Waals surface area contributed by atoms with E-state index in [9.17, 15) is 18.0 Å². The summed E-state index contributed by atoms with van der Waals surface area (Å²) in [5, 5.41) is 0. The van der Waals surface area contributed by atoms with Crippen molar-refractivity contribution in [3.05, 3.63) is 45.3 Å². The predicted octanol–water partition coefficient (Wildman–Crippen LogP) is 4.42. The third-order valence-electron chi connectivity index (χ3n) is 6.40. The lowest BCUT2D eigenvalue weighted by Gasteiger charge is -2.32. The van der Waals surface area contributed by atoms with E-state index in [1.54, 1.807) is 12.1 Å². The monoisotopic (exact) mass is 490 g/mol. The van der Waals surface area contributed by atoms with Gasteiger partial charge in [-0.3, -0.25) is 9.52 Å². The quantitative estimate of drug-likeness (QED) is 0.627. The Morgan fingerprint density at radius 1 is 1.09 bits per heavy atom. The first kappa shape index (κ1) is 23.8. The standard InChI is InChI=1S/C24H30N2O5S2/c1-15-11-16(2)13-18(12-15)25-33(29,30)24-21(23(28)31-3)19-9-10-26(14-20(19)32-24)22(27)17-7-5-4-6-8-17/h11-13,17,25H,4-10,14H2,1-3H3. The normalized spacial score (nSPS) is 16.9. The first-order chi connectivity index (χ1) is 15.7. The van der Waals surface area contributed by atoms with Gasteiger partial charge in [-0.25, -0.2) is 13.2 Å². The van der Waals surface area contributed by atoms with E-state index >= 15 is 0 Å². The van der Waals surface area contributed by atoms with Crippen LogP contribution in [0.3, 0.4) is 0 Å². The fourth-order valence-corrected chi connectivity index (χ4v) is 7.85. The van der Waals surface area contributed by atoms with Crippen LogP contribution in [-0.2, 0) is 32.5 Å². The van der Waals surface area contributed by atoms with Crippen molar-refractivity contribution in [2.45, 2.75) is 63.1 Å². The number of ether oxygens (including phenoxy) is 1. The summed E-state index contributed by atoms with van der Waals surface area (Å²) in [4.78, 5) is 28.3. The van der Waals surface area contributed by atoms with Crippen LogP contribution in [0.15, 0.2) is 22.4 Å². The second kappa shape index (κ2) is 9.46. The van der Waals surface area contributed by atoms with E-state index < -0.39 is 16.0 Å². The van der Waals surface area contributed by atoms with Crippen molar-refractivity contribution in [2.75, 3.05) is 18.4 Å². The lowest BCUT2D eigenvalue weighted by molar-refractivity contribution is -0.137. The van der Waals surface area contributed by atoms with Gasteiger partial charge in [0.15, 0.2) is 4.21 Å². The van der Waals surface area contributed by atoms with Crippen LogP contribution >= 0.6 is 11.3 Å². The number of hydrogen-bond donors (Lipinski definition) is 1. The second-order valence-corrected chi connectivity index (χ2v) is 12.0. The van der Waals surface area contributed by atoms with Crippen molar-refractivity contribution < 1.29 is 22.7 Å². The number of fused-ring (bicyclic) bond motifs is 1. The van der Waals surface area contributed by atoms with Gasteiger partial charge in [-0.1, -0.05) is 25.3 Å². The molecule has 1 aromatic heterocycles. The first-order valence-corrected chi connectivity index (χ1v) is 13.6. The lowest BCUT2D eigenvalue weighted by Crippen LogP contribution is -2.40. The Labute approximate surface area is 199 Å². The fourth-order valence-electron chi connectivity index (χ4n) is 4.91. The summed E-state index contributed by atoms with van der Waals surface area (Å²) in [6.07, 6.45) is 5.60. The Kier molecular flexibility index (Phi) is 6.81. The summed E-state index contributed by atoms with van der Waals surface area (Å²) in [5.41, 5.74) is 3.09. The first-order valence-electron chi connectivity index (χ1n) is 11.3. The van der Waals surface area contributed by atoms with Crippen LogP contribution in [0.25, 0.3) is 0 Å². The van der Waals surface area contributed by atoms with Gasteiger partial charge in [-0.05, 0) is 61.9 Å². The molecule has 33 heavy (non-hydrogen) atoms. The fraction of sp³-hybridized carbons (Fsp3) is 0.500. The van der Waals surface area contributed by atoms with E-state index in [0.29, 0.717) is 30.8 Å². The third kappa shape index (κ3) is 4.94. The maximum Gasteiger partial charge on any atom is 0.340 e. The van der Waals surface area contributed by atoms with Crippen LogP contribution < -0.4 is 4.72 Å². The van der Waals surface area contributed by atoms with Crippen LogP contribution in [0, 0.1) is 19.8 Å². The molecule has 1 aliphatic heterocycles. The van der Waals surface area contributed by atoms with E-state index in [0.717, 1.165) is 53.0 Å². The lowest BCUT2D eigenvalue weighted by atomic mass is 9.88. The highest BCUT2D eigenvalue weighted by molar-refractivity contribution is 7.94. The van der Waals surface area contributed by atoms with Crippen molar-refractivity contribution in [3.63, 3.8) is 0 Å². The zero-order chi connectivity index (χ0) is 23.8. The highest BCUT2D eigenvalue weighted by atomic mass is 32.2. The molecule has 0 spiro atoms. The van der Waals surface area contributed by atoms with Gasteiger partial charge in [0.05, 0.1) is 19.2 Å². The molecule has 1 aromatic carbocycles. The van der Waals surface area contributed by atoms with E-state index in [-0.39, 0.29) is 21.6 Å². The summed E-state index contributed by atoms with van der Waals surface area (Å²) < 4.78 is 34.2. The molecule has 0 atom stereocenters. The van der Waals surface area contributed by atoms with Crippen molar-refractivity contribution in [2.24, 2.45) is 5.92 Å². The molecule has 9 heteroatoms. The van der Waals surface area contributed by atoms with Crippen LogP contribution in [0.5, 0.6) is 0 Å². The van der Waals surface area contributed by atoms with E-state index in [4.69, 9.17) is 4.74 Å². The predicted molar refractivity (Wildman–Crippen MR) is 128 cm³/mol. The number of nitrogens with zero attached hydrogens (tertiary/aromatic N) is 1. The number of nitrogens with one attached hydrogen (secondary N) is 1. The van der Waals surface area contributed by atoms with Crippen molar-refractivity contribution in [1.29, 1.82) is 0 Å². The number of hydrogen-bond acceptors (Lipinski definition) is 6. The minimum atomic E-state index is -4.02. The summed E-state index contributed by atoms with van der Waals surface area (Å²) in [6.45, 7) is 4.60. The van der Waals surface area contributed by atoms with Gasteiger partial charge in [0.1, 0.15) is 0 Å². The minimum Gasteiger partial charge on any atom is -0.465 e. The zero-order valence-electron chi connectivity index (χ0n) is 19.3. The summed E-state index contributed by atoms with van der Waals surface area (Å²) in [5.74, 6) is -0.471.